The van der Waals surface area contributed by atoms with Gasteiger partial charge >= 0.3 is 0 Å². The van der Waals surface area contributed by atoms with Gasteiger partial charge in [-0.05, 0) is 11.8 Å². The van der Waals surface area contributed by atoms with Crippen LogP contribution in [0.5, 0.6) is 0 Å². The number of hydrogen-bond donors (Lipinski definition) is 1. The Labute approximate surface area is 76.5 Å². The lowest BCUT2D eigenvalue weighted by Crippen LogP contribution is -2.23. The van der Waals surface area contributed by atoms with Crippen molar-refractivity contribution in [2.24, 2.45) is 5.41 Å². The molecule has 0 heterocycles. The van der Waals surface area contributed by atoms with E-state index in [1.165, 1.54) is 12.8 Å². The van der Waals surface area contributed by atoms with Gasteiger partial charge in [0.25, 0.3) is 0 Å². The Hall–Kier alpha value is -0.300. The molecular formula is C11H22O. The van der Waals surface area contributed by atoms with Crippen LogP contribution in [0.2, 0.25) is 0 Å². The van der Waals surface area contributed by atoms with Crippen molar-refractivity contribution in [2.75, 3.05) is 0 Å². The van der Waals surface area contributed by atoms with Crippen molar-refractivity contribution in [2.45, 2.75) is 53.1 Å². The van der Waals surface area contributed by atoms with E-state index >= 15 is 0 Å². The second kappa shape index (κ2) is 5.36. The molecule has 0 unspecified atom stereocenters. The number of aliphatic hydroxyl groups is 1. The molecule has 0 spiro atoms. The summed E-state index contributed by atoms with van der Waals surface area (Å²) in [6.07, 6.45) is 7.21. The molecule has 0 bridgehead atoms. The third-order valence-corrected chi connectivity index (χ3v) is 1.93. The molecule has 0 aliphatic heterocycles. The van der Waals surface area contributed by atoms with E-state index < -0.39 is 0 Å². The fraction of sp³-hybridized carbons (Fsp3) is 0.818. The summed E-state index contributed by atoms with van der Waals surface area (Å²) in [4.78, 5) is 0. The molecule has 1 heteroatoms. The van der Waals surface area contributed by atoms with Crippen LogP contribution in [0, 0.1) is 5.41 Å². The molecule has 0 aromatic heterocycles. The maximum absolute atomic E-state index is 9.60. The minimum absolute atomic E-state index is 0.0251. The molecule has 0 rings (SSSR count). The minimum Gasteiger partial charge on any atom is -0.388 e. The van der Waals surface area contributed by atoms with Crippen LogP contribution in [-0.4, -0.2) is 11.2 Å². The van der Waals surface area contributed by atoms with Crippen molar-refractivity contribution in [1.82, 2.24) is 0 Å². The maximum Gasteiger partial charge on any atom is 0.0769 e. The van der Waals surface area contributed by atoms with Crippen LogP contribution in [0.1, 0.15) is 47.0 Å². The molecule has 0 saturated heterocycles. The molecule has 0 aliphatic carbocycles. The predicted molar refractivity (Wildman–Crippen MR) is 54.1 cm³/mol. The first-order valence-corrected chi connectivity index (χ1v) is 4.83. The van der Waals surface area contributed by atoms with Crippen LogP contribution >= 0.6 is 0 Å². The molecule has 0 fully saturated rings. The van der Waals surface area contributed by atoms with Gasteiger partial charge in [-0.1, -0.05) is 52.7 Å². The monoisotopic (exact) mass is 170 g/mol. The van der Waals surface area contributed by atoms with E-state index in [4.69, 9.17) is 0 Å². The van der Waals surface area contributed by atoms with Gasteiger partial charge in [0, 0.05) is 0 Å². The number of rotatable bonds is 4. The third kappa shape index (κ3) is 5.36. The molecule has 0 amide bonds. The number of unbranched alkanes of at least 4 members (excludes halogenated alkanes) is 2. The Kier molecular flexibility index (Phi) is 5.23. The molecular weight excluding hydrogens is 148 g/mol. The molecule has 0 saturated carbocycles. The summed E-state index contributed by atoms with van der Waals surface area (Å²) in [5, 5.41) is 9.60. The fourth-order valence-electron chi connectivity index (χ4n) is 0.836. The Morgan fingerprint density at radius 3 is 2.33 bits per heavy atom. The van der Waals surface area contributed by atoms with Crippen LogP contribution < -0.4 is 0 Å². The first-order valence-electron chi connectivity index (χ1n) is 4.83. The normalized spacial score (nSPS) is 15.4. The average Bonchev–Trinajstić information content (AvgIpc) is 1.96. The SMILES string of the molecule is CCCC/C=C\[C@H](O)C(C)(C)C. The smallest absolute Gasteiger partial charge is 0.0769 e. The predicted octanol–water partition coefficient (Wildman–Crippen LogP) is 3.14. The summed E-state index contributed by atoms with van der Waals surface area (Å²) < 4.78 is 0. The average molecular weight is 170 g/mol. The summed E-state index contributed by atoms with van der Waals surface area (Å²) >= 11 is 0. The fourth-order valence-corrected chi connectivity index (χ4v) is 0.836. The highest BCUT2D eigenvalue weighted by Crippen LogP contribution is 2.19. The first-order chi connectivity index (χ1) is 5.48. The minimum atomic E-state index is -0.311. The van der Waals surface area contributed by atoms with Crippen molar-refractivity contribution in [3.05, 3.63) is 12.2 Å². The van der Waals surface area contributed by atoms with Crippen molar-refractivity contribution in [3.8, 4) is 0 Å². The topological polar surface area (TPSA) is 20.2 Å². The van der Waals surface area contributed by atoms with Crippen molar-refractivity contribution in [3.63, 3.8) is 0 Å². The van der Waals surface area contributed by atoms with Gasteiger partial charge in [0.2, 0.25) is 0 Å². The number of hydrogen-bond acceptors (Lipinski definition) is 1. The molecule has 0 aliphatic rings. The van der Waals surface area contributed by atoms with Gasteiger partial charge in [-0.3, -0.25) is 0 Å². The highest BCUT2D eigenvalue weighted by molar-refractivity contribution is 4.94. The second-order valence-electron chi connectivity index (χ2n) is 4.38. The zero-order valence-electron chi connectivity index (χ0n) is 8.80. The van der Waals surface area contributed by atoms with Crippen LogP contribution in [0.3, 0.4) is 0 Å². The van der Waals surface area contributed by atoms with Crippen LogP contribution in [0.15, 0.2) is 12.2 Å². The molecule has 0 aromatic carbocycles. The summed E-state index contributed by atoms with van der Waals surface area (Å²) in [6.45, 7) is 8.31. The molecule has 1 N–H and O–H groups in total. The molecule has 1 nitrogen and oxygen atoms in total. The van der Waals surface area contributed by atoms with E-state index in [-0.39, 0.29) is 11.5 Å². The van der Waals surface area contributed by atoms with Gasteiger partial charge in [0.15, 0.2) is 0 Å². The molecule has 12 heavy (non-hydrogen) atoms. The van der Waals surface area contributed by atoms with E-state index in [9.17, 15) is 5.11 Å². The Morgan fingerprint density at radius 2 is 1.92 bits per heavy atom. The highest BCUT2D eigenvalue weighted by atomic mass is 16.3. The van der Waals surface area contributed by atoms with Crippen molar-refractivity contribution >= 4 is 0 Å². The largest absolute Gasteiger partial charge is 0.388 e. The quantitative estimate of drug-likeness (QED) is 0.507. The Balaban J connectivity index is 3.68. The van der Waals surface area contributed by atoms with Gasteiger partial charge in [-0.2, -0.15) is 0 Å². The zero-order valence-corrected chi connectivity index (χ0v) is 8.80. The van der Waals surface area contributed by atoms with Gasteiger partial charge in [0.05, 0.1) is 6.10 Å². The summed E-state index contributed by atoms with van der Waals surface area (Å²) in [6, 6.07) is 0. The lowest BCUT2D eigenvalue weighted by atomic mass is 9.89. The number of allylic oxidation sites excluding steroid dienone is 1. The zero-order chi connectivity index (χ0) is 9.61. The Morgan fingerprint density at radius 1 is 1.33 bits per heavy atom. The first kappa shape index (κ1) is 11.7. The molecule has 1 atom stereocenters. The Bertz CT molecular complexity index is 130. The van der Waals surface area contributed by atoms with Gasteiger partial charge < -0.3 is 5.11 Å². The number of aliphatic hydroxyl groups excluding tert-OH is 1. The lowest BCUT2D eigenvalue weighted by molar-refractivity contribution is 0.105. The van der Waals surface area contributed by atoms with Crippen molar-refractivity contribution < 1.29 is 5.11 Å². The highest BCUT2D eigenvalue weighted by Gasteiger charge is 2.18. The van der Waals surface area contributed by atoms with E-state index in [0.717, 1.165) is 6.42 Å². The summed E-state index contributed by atoms with van der Waals surface area (Å²) in [5.41, 5.74) is -0.0251. The van der Waals surface area contributed by atoms with Crippen LogP contribution in [-0.2, 0) is 0 Å². The third-order valence-electron chi connectivity index (χ3n) is 1.93. The molecule has 0 radical (unpaired) electrons. The summed E-state index contributed by atoms with van der Waals surface area (Å²) in [7, 11) is 0. The second-order valence-corrected chi connectivity index (χ2v) is 4.38. The van der Waals surface area contributed by atoms with E-state index in [0.29, 0.717) is 0 Å². The standard InChI is InChI=1S/C11H22O/c1-5-6-7-8-9-10(12)11(2,3)4/h8-10,12H,5-7H2,1-4H3/b9-8-/t10-/m0/s1. The van der Waals surface area contributed by atoms with E-state index in [2.05, 4.69) is 13.0 Å². The summed E-state index contributed by atoms with van der Waals surface area (Å²) in [5.74, 6) is 0. The van der Waals surface area contributed by atoms with E-state index in [1.54, 1.807) is 0 Å². The lowest BCUT2D eigenvalue weighted by Gasteiger charge is -2.22. The van der Waals surface area contributed by atoms with Gasteiger partial charge in [0.1, 0.15) is 0 Å². The van der Waals surface area contributed by atoms with Gasteiger partial charge in [-0.15, -0.1) is 0 Å². The van der Waals surface area contributed by atoms with Crippen LogP contribution in [0.4, 0.5) is 0 Å². The molecule has 0 aromatic rings. The van der Waals surface area contributed by atoms with E-state index in [1.807, 2.05) is 26.8 Å². The molecule has 72 valence electrons. The van der Waals surface area contributed by atoms with Crippen molar-refractivity contribution in [1.29, 1.82) is 0 Å². The maximum atomic E-state index is 9.60. The van der Waals surface area contributed by atoms with Gasteiger partial charge in [-0.25, -0.2) is 0 Å². The van der Waals surface area contributed by atoms with Crippen LogP contribution in [0.25, 0.3) is 0 Å².